The van der Waals surface area contributed by atoms with Crippen molar-refractivity contribution in [2.24, 2.45) is 7.05 Å². The number of rotatable bonds is 5. The number of ether oxygens (including phenoxy) is 1. The number of hydrogen-bond donors (Lipinski definition) is 2. The molecule has 0 saturated heterocycles. The highest BCUT2D eigenvalue weighted by atomic mass is 16.5. The zero-order valence-electron chi connectivity index (χ0n) is 21.1. The molecule has 0 atom stereocenters. The first-order valence-electron chi connectivity index (χ1n) is 11.6. The molecule has 0 unspecified atom stereocenters. The number of fused-ring (bicyclic) bond motifs is 2. The highest BCUT2D eigenvalue weighted by Gasteiger charge is 2.30. The standard InChI is InChI=1S/C24H26N10O3/c1-24(2,3)33-8-9-34-19(33)11-17(30-34)28-22-29-21-20(32(22)5)15(12-25)16(13-27-21)37-14-6-7-26-18(10-14)31(4)23(35)36/h6-7,10-11,13H,8-9H2,1-5H3,(H,35,36)(H,27,28,29,30). The van der Waals surface area contributed by atoms with Gasteiger partial charge in [-0.05, 0) is 26.8 Å². The number of nitrogens with one attached hydrogen (secondary N) is 1. The molecular weight excluding hydrogens is 476 g/mol. The van der Waals surface area contributed by atoms with Crippen LogP contribution in [0.1, 0.15) is 26.3 Å². The van der Waals surface area contributed by atoms with Crippen LogP contribution in [0.4, 0.5) is 28.2 Å². The van der Waals surface area contributed by atoms with Crippen LogP contribution < -0.4 is 19.9 Å². The molecule has 5 rings (SSSR count). The molecule has 4 aromatic heterocycles. The lowest BCUT2D eigenvalue weighted by Crippen LogP contribution is -2.40. The molecule has 1 amide bonds. The molecule has 190 valence electrons. The molecule has 0 aliphatic carbocycles. The molecule has 1 aliphatic rings. The second-order valence-corrected chi connectivity index (χ2v) is 9.63. The molecule has 0 bridgehead atoms. The van der Waals surface area contributed by atoms with E-state index in [2.05, 4.69) is 57.1 Å². The van der Waals surface area contributed by atoms with Crippen LogP contribution in [0.3, 0.4) is 0 Å². The minimum absolute atomic E-state index is 0.0237. The van der Waals surface area contributed by atoms with Gasteiger partial charge in [-0.2, -0.15) is 15.3 Å². The monoisotopic (exact) mass is 502 g/mol. The Labute approximate surface area is 212 Å². The molecule has 13 nitrogen and oxygen atoms in total. The van der Waals surface area contributed by atoms with Crippen molar-refractivity contribution in [3.8, 4) is 17.6 Å². The number of hydrogen-bond acceptors (Lipinski definition) is 9. The summed E-state index contributed by atoms with van der Waals surface area (Å²) in [7, 11) is 3.16. The predicted octanol–water partition coefficient (Wildman–Crippen LogP) is 3.70. The van der Waals surface area contributed by atoms with E-state index in [1.807, 2.05) is 10.7 Å². The summed E-state index contributed by atoms with van der Waals surface area (Å²) in [6, 6.07) is 7.21. The summed E-state index contributed by atoms with van der Waals surface area (Å²) in [5.41, 5.74) is 1.08. The summed E-state index contributed by atoms with van der Waals surface area (Å²) in [6.45, 7) is 8.21. The molecule has 13 heteroatoms. The molecule has 1 aliphatic heterocycles. The van der Waals surface area contributed by atoms with Gasteiger partial charge in [0, 0.05) is 44.5 Å². The van der Waals surface area contributed by atoms with Crippen molar-refractivity contribution in [2.45, 2.75) is 32.9 Å². The first-order chi connectivity index (χ1) is 17.6. The highest BCUT2D eigenvalue weighted by Crippen LogP contribution is 2.34. The molecule has 0 spiro atoms. The second kappa shape index (κ2) is 8.66. The Morgan fingerprint density at radius 1 is 1.27 bits per heavy atom. The molecule has 0 aromatic carbocycles. The van der Waals surface area contributed by atoms with Gasteiger partial charge in [0.05, 0.1) is 12.7 Å². The zero-order valence-corrected chi connectivity index (χ0v) is 21.1. The van der Waals surface area contributed by atoms with E-state index in [0.717, 1.165) is 23.8 Å². The first kappa shape index (κ1) is 23.9. The molecule has 0 saturated carbocycles. The van der Waals surface area contributed by atoms with Gasteiger partial charge < -0.3 is 24.6 Å². The van der Waals surface area contributed by atoms with E-state index in [4.69, 9.17) is 4.74 Å². The average molecular weight is 503 g/mol. The maximum atomic E-state index is 11.3. The van der Waals surface area contributed by atoms with Crippen molar-refractivity contribution in [1.29, 1.82) is 5.26 Å². The van der Waals surface area contributed by atoms with Crippen LogP contribution in [-0.4, -0.2) is 59.6 Å². The van der Waals surface area contributed by atoms with Crippen molar-refractivity contribution in [2.75, 3.05) is 28.7 Å². The van der Waals surface area contributed by atoms with Crippen LogP contribution in [0.2, 0.25) is 0 Å². The van der Waals surface area contributed by atoms with Gasteiger partial charge in [0.25, 0.3) is 0 Å². The largest absolute Gasteiger partial charge is 0.465 e. The lowest BCUT2D eigenvalue weighted by atomic mass is 10.1. The number of carboxylic acid groups (broad SMARTS) is 1. The number of nitriles is 1. The third-order valence-corrected chi connectivity index (χ3v) is 6.17. The van der Waals surface area contributed by atoms with Crippen LogP contribution in [-0.2, 0) is 13.6 Å². The third-order valence-electron chi connectivity index (χ3n) is 6.17. The maximum absolute atomic E-state index is 11.3. The summed E-state index contributed by atoms with van der Waals surface area (Å²) in [6.07, 6.45) is 1.69. The van der Waals surface area contributed by atoms with Crippen molar-refractivity contribution < 1.29 is 14.6 Å². The number of anilines is 4. The fraction of sp³-hybridized carbons (Fsp3) is 0.333. The molecule has 0 fully saturated rings. The van der Waals surface area contributed by atoms with Crippen molar-refractivity contribution in [3.05, 3.63) is 36.2 Å². The minimum Gasteiger partial charge on any atom is -0.465 e. The number of amides is 1. The SMILES string of the molecule is CN(C(=O)O)c1cc(Oc2cnc3nc(Nc4cc5n(n4)CCN5C(C)(C)C)n(C)c3c2C#N)ccn1. The van der Waals surface area contributed by atoms with E-state index < -0.39 is 6.09 Å². The van der Waals surface area contributed by atoms with Gasteiger partial charge in [-0.3, -0.25) is 4.90 Å². The predicted molar refractivity (Wildman–Crippen MR) is 137 cm³/mol. The first-order valence-corrected chi connectivity index (χ1v) is 11.6. The van der Waals surface area contributed by atoms with Gasteiger partial charge in [0.15, 0.2) is 17.2 Å². The van der Waals surface area contributed by atoms with E-state index in [1.165, 1.54) is 25.5 Å². The summed E-state index contributed by atoms with van der Waals surface area (Å²) in [5, 5.41) is 27.1. The molecule has 2 N–H and O–H groups in total. The molecular formula is C24H26N10O3. The zero-order chi connectivity index (χ0) is 26.5. The number of carbonyl (C=O) groups is 1. The Bertz CT molecular complexity index is 1560. The van der Waals surface area contributed by atoms with Gasteiger partial charge in [-0.15, -0.1) is 0 Å². The third kappa shape index (κ3) is 4.22. The van der Waals surface area contributed by atoms with Crippen LogP contribution >= 0.6 is 0 Å². The van der Waals surface area contributed by atoms with Crippen LogP contribution in [0.15, 0.2) is 30.6 Å². The number of aryl methyl sites for hydroxylation is 1. The lowest BCUT2D eigenvalue weighted by Gasteiger charge is -2.32. The maximum Gasteiger partial charge on any atom is 0.412 e. The van der Waals surface area contributed by atoms with Gasteiger partial charge in [0.1, 0.15) is 34.5 Å². The van der Waals surface area contributed by atoms with Gasteiger partial charge in [-0.25, -0.2) is 19.4 Å². The number of nitrogens with zero attached hydrogens (tertiary/aromatic N) is 9. The van der Waals surface area contributed by atoms with Gasteiger partial charge in [0.2, 0.25) is 5.95 Å². The van der Waals surface area contributed by atoms with Crippen LogP contribution in [0, 0.1) is 11.3 Å². The van der Waals surface area contributed by atoms with E-state index in [0.29, 0.717) is 28.7 Å². The van der Waals surface area contributed by atoms with Crippen LogP contribution in [0.5, 0.6) is 11.5 Å². The number of aromatic nitrogens is 6. The lowest BCUT2D eigenvalue weighted by molar-refractivity contribution is 0.203. The molecule has 5 heterocycles. The Morgan fingerprint density at radius 3 is 2.76 bits per heavy atom. The van der Waals surface area contributed by atoms with Crippen molar-refractivity contribution in [3.63, 3.8) is 0 Å². The Morgan fingerprint density at radius 2 is 2.05 bits per heavy atom. The van der Waals surface area contributed by atoms with Crippen molar-refractivity contribution >= 4 is 40.7 Å². The topological polar surface area (TPSA) is 150 Å². The Hall–Kier alpha value is -4.86. The highest BCUT2D eigenvalue weighted by molar-refractivity contribution is 5.85. The van der Waals surface area contributed by atoms with Gasteiger partial charge in [-0.1, -0.05) is 0 Å². The summed E-state index contributed by atoms with van der Waals surface area (Å²) < 4.78 is 9.62. The smallest absolute Gasteiger partial charge is 0.412 e. The molecule has 4 aromatic rings. The normalized spacial score (nSPS) is 12.9. The fourth-order valence-corrected chi connectivity index (χ4v) is 4.28. The number of imidazole rings is 1. The average Bonchev–Trinajstić information content (AvgIpc) is 3.51. The van der Waals surface area contributed by atoms with E-state index in [9.17, 15) is 15.2 Å². The summed E-state index contributed by atoms with van der Waals surface area (Å²) >= 11 is 0. The van der Waals surface area contributed by atoms with Gasteiger partial charge >= 0.3 is 6.09 Å². The van der Waals surface area contributed by atoms with Crippen molar-refractivity contribution in [1.82, 2.24) is 29.3 Å². The minimum atomic E-state index is -1.16. The Kier molecular flexibility index (Phi) is 5.59. The summed E-state index contributed by atoms with van der Waals surface area (Å²) in [5.74, 6) is 2.86. The Balaban J connectivity index is 1.46. The van der Waals surface area contributed by atoms with E-state index in [1.54, 1.807) is 17.7 Å². The van der Waals surface area contributed by atoms with E-state index >= 15 is 0 Å². The quantitative estimate of drug-likeness (QED) is 0.413. The second-order valence-electron chi connectivity index (χ2n) is 9.63. The van der Waals surface area contributed by atoms with Crippen LogP contribution in [0.25, 0.3) is 11.2 Å². The molecule has 0 radical (unpaired) electrons. The summed E-state index contributed by atoms with van der Waals surface area (Å²) in [4.78, 5) is 27.5. The fourth-order valence-electron chi connectivity index (χ4n) is 4.28. The molecule has 37 heavy (non-hydrogen) atoms. The number of pyridine rings is 2. The van der Waals surface area contributed by atoms with E-state index in [-0.39, 0.29) is 22.7 Å².